The highest BCUT2D eigenvalue weighted by atomic mass is 16.5. The van der Waals surface area contributed by atoms with Crippen molar-refractivity contribution in [2.24, 2.45) is 5.92 Å². The van der Waals surface area contributed by atoms with Crippen molar-refractivity contribution in [1.29, 1.82) is 0 Å². The lowest BCUT2D eigenvalue weighted by Gasteiger charge is -2.40. The molecule has 0 unspecified atom stereocenters. The summed E-state index contributed by atoms with van der Waals surface area (Å²) < 4.78 is 18.7. The first-order chi connectivity index (χ1) is 17.0. The highest BCUT2D eigenvalue weighted by molar-refractivity contribution is 5.51. The van der Waals surface area contributed by atoms with Crippen LogP contribution in [0, 0.1) is 5.92 Å². The summed E-state index contributed by atoms with van der Waals surface area (Å²) in [5, 5.41) is 12.9. The van der Waals surface area contributed by atoms with E-state index < -0.39 is 0 Å². The largest absolute Gasteiger partial charge is 0.497 e. The van der Waals surface area contributed by atoms with Gasteiger partial charge in [0.25, 0.3) is 0 Å². The molecule has 1 fully saturated rings. The van der Waals surface area contributed by atoms with Crippen molar-refractivity contribution in [3.05, 3.63) is 53.9 Å². The highest BCUT2D eigenvalue weighted by Gasteiger charge is 2.33. The maximum absolute atomic E-state index is 5.84. The number of ether oxygens (including phenoxy) is 3. The van der Waals surface area contributed by atoms with E-state index in [4.69, 9.17) is 14.2 Å². The lowest BCUT2D eigenvalue weighted by atomic mass is 10.0. The number of nitrogens with zero attached hydrogens (tertiary/aromatic N) is 6. The summed E-state index contributed by atoms with van der Waals surface area (Å²) in [4.78, 5) is 4.84. The van der Waals surface area contributed by atoms with Crippen molar-refractivity contribution in [3.8, 4) is 17.2 Å². The molecule has 0 radical (unpaired) electrons. The molecule has 0 N–H and O–H groups in total. The third-order valence-corrected chi connectivity index (χ3v) is 6.57. The van der Waals surface area contributed by atoms with Crippen LogP contribution in [0.5, 0.6) is 17.2 Å². The van der Waals surface area contributed by atoms with Gasteiger partial charge in [0.05, 0.1) is 21.3 Å². The number of methoxy groups -OCH3 is 3. The highest BCUT2D eigenvalue weighted by Crippen LogP contribution is 2.40. The van der Waals surface area contributed by atoms with Gasteiger partial charge >= 0.3 is 0 Å². The number of tetrazole rings is 1. The van der Waals surface area contributed by atoms with Gasteiger partial charge in [0, 0.05) is 44.0 Å². The molecule has 9 heteroatoms. The smallest absolute Gasteiger partial charge is 0.173 e. The molecule has 1 aliphatic heterocycles. The molecule has 0 aliphatic carbocycles. The Labute approximate surface area is 207 Å². The standard InChI is InChI=1S/C26H36N6O3/c1-19(2)13-14-32-26(27-28-29-32)24(22-7-6-8-23(34-4)25(22)35-5)31-17-15-30(16-18-31)20-9-11-21(33-3)12-10-20/h6-12,19,24H,13-18H2,1-5H3/t24-/m1/s1. The van der Waals surface area contributed by atoms with Crippen LogP contribution in [-0.4, -0.2) is 72.6 Å². The van der Waals surface area contributed by atoms with Crippen LogP contribution in [0.15, 0.2) is 42.5 Å². The summed E-state index contributed by atoms with van der Waals surface area (Å²) in [6.07, 6.45) is 1.01. The third kappa shape index (κ3) is 5.51. The monoisotopic (exact) mass is 480 g/mol. The Morgan fingerprint density at radius 1 is 0.886 bits per heavy atom. The number of para-hydroxylation sites is 1. The Morgan fingerprint density at radius 2 is 1.63 bits per heavy atom. The SMILES string of the molecule is COc1ccc(N2CCN([C@H](c3cccc(OC)c3OC)c3nnnn3CCC(C)C)CC2)cc1. The fourth-order valence-corrected chi connectivity index (χ4v) is 4.60. The molecule has 2 aromatic carbocycles. The minimum absolute atomic E-state index is 0.153. The fraction of sp³-hybridized carbons (Fsp3) is 0.500. The number of anilines is 1. The number of rotatable bonds is 10. The van der Waals surface area contributed by atoms with E-state index >= 15 is 0 Å². The lowest BCUT2D eigenvalue weighted by molar-refractivity contribution is 0.196. The maximum atomic E-state index is 5.84. The predicted molar refractivity (Wildman–Crippen MR) is 135 cm³/mol. The minimum Gasteiger partial charge on any atom is -0.497 e. The summed E-state index contributed by atoms with van der Waals surface area (Å²) in [6, 6.07) is 14.1. The Morgan fingerprint density at radius 3 is 2.26 bits per heavy atom. The Kier molecular flexibility index (Phi) is 8.07. The third-order valence-electron chi connectivity index (χ3n) is 6.57. The lowest BCUT2D eigenvalue weighted by Crippen LogP contribution is -2.48. The molecule has 4 rings (SSSR count). The minimum atomic E-state index is -0.153. The van der Waals surface area contributed by atoms with Crippen LogP contribution in [0.2, 0.25) is 0 Å². The van der Waals surface area contributed by atoms with E-state index in [1.54, 1.807) is 21.3 Å². The number of hydrogen-bond acceptors (Lipinski definition) is 8. The van der Waals surface area contributed by atoms with E-state index in [1.807, 2.05) is 28.9 Å². The van der Waals surface area contributed by atoms with Gasteiger partial charge in [0.1, 0.15) is 11.8 Å². The van der Waals surface area contributed by atoms with Gasteiger partial charge in [-0.2, -0.15) is 0 Å². The first-order valence-corrected chi connectivity index (χ1v) is 12.2. The molecule has 0 spiro atoms. The van der Waals surface area contributed by atoms with Crippen LogP contribution in [0.25, 0.3) is 0 Å². The van der Waals surface area contributed by atoms with Gasteiger partial charge < -0.3 is 19.1 Å². The van der Waals surface area contributed by atoms with E-state index in [1.165, 1.54) is 5.69 Å². The molecule has 2 heterocycles. The number of aryl methyl sites for hydroxylation is 1. The van der Waals surface area contributed by atoms with Crippen LogP contribution < -0.4 is 19.1 Å². The second-order valence-corrected chi connectivity index (χ2v) is 9.15. The summed E-state index contributed by atoms with van der Waals surface area (Å²) in [6.45, 7) is 8.69. The average molecular weight is 481 g/mol. The second-order valence-electron chi connectivity index (χ2n) is 9.15. The van der Waals surface area contributed by atoms with Crippen LogP contribution in [-0.2, 0) is 6.54 Å². The van der Waals surface area contributed by atoms with Gasteiger partial charge in [-0.25, -0.2) is 4.68 Å². The molecule has 35 heavy (non-hydrogen) atoms. The molecule has 0 saturated carbocycles. The van der Waals surface area contributed by atoms with E-state index in [0.29, 0.717) is 11.7 Å². The van der Waals surface area contributed by atoms with Crippen LogP contribution in [0.1, 0.15) is 37.7 Å². The van der Waals surface area contributed by atoms with Crippen molar-refractivity contribution in [2.75, 3.05) is 52.4 Å². The summed E-state index contributed by atoms with van der Waals surface area (Å²) in [5.74, 6) is 3.68. The zero-order valence-electron chi connectivity index (χ0n) is 21.3. The van der Waals surface area contributed by atoms with Crippen LogP contribution in [0.4, 0.5) is 5.69 Å². The summed E-state index contributed by atoms with van der Waals surface area (Å²) in [5.41, 5.74) is 2.20. The first-order valence-electron chi connectivity index (χ1n) is 12.2. The van der Waals surface area contributed by atoms with E-state index in [2.05, 4.69) is 57.4 Å². The topological polar surface area (TPSA) is 77.8 Å². The van der Waals surface area contributed by atoms with E-state index in [9.17, 15) is 0 Å². The van der Waals surface area contributed by atoms with Gasteiger partial charge in [0.15, 0.2) is 17.3 Å². The van der Waals surface area contributed by atoms with Gasteiger partial charge in [-0.05, 0) is 53.1 Å². The number of benzene rings is 2. The molecule has 9 nitrogen and oxygen atoms in total. The van der Waals surface area contributed by atoms with Gasteiger partial charge in [-0.3, -0.25) is 4.90 Å². The zero-order chi connectivity index (χ0) is 24.8. The first kappa shape index (κ1) is 24.8. The normalized spacial score (nSPS) is 15.3. The van der Waals surface area contributed by atoms with Crippen molar-refractivity contribution >= 4 is 5.69 Å². The molecule has 0 bridgehead atoms. The Bertz CT molecular complexity index is 1080. The number of piperazine rings is 1. The molecule has 1 atom stereocenters. The maximum Gasteiger partial charge on any atom is 0.173 e. The molecular weight excluding hydrogens is 444 g/mol. The van der Waals surface area contributed by atoms with Gasteiger partial charge in [-0.15, -0.1) is 5.10 Å². The number of hydrogen-bond donors (Lipinski definition) is 0. The molecule has 1 aromatic heterocycles. The summed E-state index contributed by atoms with van der Waals surface area (Å²) >= 11 is 0. The van der Waals surface area contributed by atoms with Gasteiger partial charge in [-0.1, -0.05) is 26.0 Å². The summed E-state index contributed by atoms with van der Waals surface area (Å²) in [7, 11) is 5.04. The second kappa shape index (κ2) is 11.4. The average Bonchev–Trinajstić information content (AvgIpc) is 3.36. The van der Waals surface area contributed by atoms with E-state index in [0.717, 1.165) is 62.0 Å². The quantitative estimate of drug-likeness (QED) is 0.435. The Hall–Kier alpha value is -3.33. The van der Waals surface area contributed by atoms with Gasteiger partial charge in [0.2, 0.25) is 0 Å². The molecule has 1 aliphatic rings. The van der Waals surface area contributed by atoms with E-state index in [-0.39, 0.29) is 6.04 Å². The molecule has 3 aromatic rings. The van der Waals surface area contributed by atoms with Crippen LogP contribution in [0.3, 0.4) is 0 Å². The molecule has 1 saturated heterocycles. The molecule has 0 amide bonds. The van der Waals surface area contributed by atoms with Crippen molar-refractivity contribution in [2.45, 2.75) is 32.9 Å². The molecular formula is C26H36N6O3. The van der Waals surface area contributed by atoms with Crippen molar-refractivity contribution < 1.29 is 14.2 Å². The molecule has 188 valence electrons. The number of aromatic nitrogens is 4. The predicted octanol–water partition coefficient (Wildman–Crippen LogP) is 3.66. The fourth-order valence-electron chi connectivity index (χ4n) is 4.60. The Balaban J connectivity index is 1.64. The zero-order valence-corrected chi connectivity index (χ0v) is 21.3. The van der Waals surface area contributed by atoms with Crippen molar-refractivity contribution in [1.82, 2.24) is 25.1 Å². The van der Waals surface area contributed by atoms with Crippen LogP contribution >= 0.6 is 0 Å². The van der Waals surface area contributed by atoms with Crippen molar-refractivity contribution in [3.63, 3.8) is 0 Å².